The van der Waals surface area contributed by atoms with Gasteiger partial charge in [0.05, 0.1) is 18.7 Å². The van der Waals surface area contributed by atoms with Crippen LogP contribution in [0.2, 0.25) is 0 Å². The predicted molar refractivity (Wildman–Crippen MR) is 80.7 cm³/mol. The molecule has 2 unspecified atom stereocenters. The highest BCUT2D eigenvalue weighted by molar-refractivity contribution is 6.32. The Morgan fingerprint density at radius 3 is 2.56 bits per heavy atom. The van der Waals surface area contributed by atoms with E-state index in [0.29, 0.717) is 5.56 Å². The number of benzene rings is 1. The van der Waals surface area contributed by atoms with Crippen molar-refractivity contribution >= 4 is 11.9 Å². The van der Waals surface area contributed by atoms with Gasteiger partial charge in [0.15, 0.2) is 0 Å². The second-order valence-electron chi connectivity index (χ2n) is 6.36. The lowest BCUT2D eigenvalue weighted by molar-refractivity contribution is -0.161. The molecular formula is C17H18F3NO4. The van der Waals surface area contributed by atoms with Gasteiger partial charge in [0.2, 0.25) is 0 Å². The second kappa shape index (κ2) is 6.24. The molecule has 0 saturated heterocycles. The van der Waals surface area contributed by atoms with E-state index in [1.165, 1.54) is 11.0 Å². The van der Waals surface area contributed by atoms with E-state index >= 15 is 0 Å². The highest BCUT2D eigenvalue weighted by atomic mass is 19.4. The lowest BCUT2D eigenvalue weighted by atomic mass is 10.0. The molecule has 1 aliphatic heterocycles. The van der Waals surface area contributed by atoms with Gasteiger partial charge in [-0.2, -0.15) is 13.2 Å². The maximum Gasteiger partial charge on any atom is 0.416 e. The Balaban J connectivity index is 1.94. The predicted octanol–water partition coefficient (Wildman–Crippen LogP) is 2.94. The summed E-state index contributed by atoms with van der Waals surface area (Å²) in [5.41, 5.74) is -0.342. The van der Waals surface area contributed by atoms with E-state index < -0.39 is 29.7 Å². The monoisotopic (exact) mass is 357 g/mol. The Morgan fingerprint density at radius 2 is 2.00 bits per heavy atom. The zero-order valence-electron chi connectivity index (χ0n) is 13.8. The molecular weight excluding hydrogens is 339 g/mol. The van der Waals surface area contributed by atoms with Crippen molar-refractivity contribution in [3.8, 4) is 5.75 Å². The first-order valence-electron chi connectivity index (χ1n) is 7.98. The summed E-state index contributed by atoms with van der Waals surface area (Å²) in [7, 11) is 1.12. The number of amides is 1. The van der Waals surface area contributed by atoms with Crippen LogP contribution in [0.4, 0.5) is 13.2 Å². The van der Waals surface area contributed by atoms with Crippen LogP contribution in [0.1, 0.15) is 36.9 Å². The first-order valence-corrected chi connectivity index (χ1v) is 7.98. The molecule has 5 nitrogen and oxygen atoms in total. The first-order chi connectivity index (χ1) is 11.7. The third-order valence-corrected chi connectivity index (χ3v) is 4.77. The van der Waals surface area contributed by atoms with Crippen LogP contribution < -0.4 is 4.74 Å². The molecule has 1 aromatic carbocycles. The van der Waals surface area contributed by atoms with Crippen LogP contribution in [0.5, 0.6) is 5.75 Å². The Morgan fingerprint density at radius 1 is 1.32 bits per heavy atom. The minimum absolute atomic E-state index is 0.0104. The lowest BCUT2D eigenvalue weighted by Gasteiger charge is -2.33. The van der Waals surface area contributed by atoms with Gasteiger partial charge in [0.25, 0.3) is 0 Å². The highest BCUT2D eigenvalue weighted by Gasteiger charge is 2.44. The number of fused-ring (bicyclic) bond motifs is 1. The van der Waals surface area contributed by atoms with E-state index in [1.807, 2.05) is 6.92 Å². The van der Waals surface area contributed by atoms with Crippen LogP contribution in [0.15, 0.2) is 18.2 Å². The molecule has 1 fully saturated rings. The maximum absolute atomic E-state index is 12.9. The van der Waals surface area contributed by atoms with Crippen molar-refractivity contribution in [2.75, 3.05) is 13.7 Å². The third kappa shape index (κ3) is 3.29. The number of alkyl halides is 3. The summed E-state index contributed by atoms with van der Waals surface area (Å²) in [6.07, 6.45) is -2.58. The standard InChI is InChI=1S/C17H18F3NO4/c1-9(10-3-4-10)21(15(22)16(23)24-2)13-8-25-14-7-11(17(18,19)20)5-6-12(13)14/h5-7,9-10,13H,3-4,8H2,1-2H3. The van der Waals surface area contributed by atoms with Crippen LogP contribution in [-0.4, -0.2) is 36.5 Å². The molecule has 0 bridgehead atoms. The first kappa shape index (κ1) is 17.6. The molecule has 0 aromatic heterocycles. The van der Waals surface area contributed by atoms with Gasteiger partial charge in [0.1, 0.15) is 12.4 Å². The number of methoxy groups -OCH3 is 1. The molecule has 2 atom stereocenters. The number of carbonyl (C=O) groups excluding carboxylic acids is 2. The highest BCUT2D eigenvalue weighted by Crippen LogP contribution is 2.44. The molecule has 8 heteroatoms. The average molecular weight is 357 g/mol. The summed E-state index contributed by atoms with van der Waals surface area (Å²) >= 11 is 0. The van der Waals surface area contributed by atoms with Crippen molar-refractivity contribution in [3.05, 3.63) is 29.3 Å². The van der Waals surface area contributed by atoms with Crippen LogP contribution in [0.25, 0.3) is 0 Å². The third-order valence-electron chi connectivity index (χ3n) is 4.77. The van der Waals surface area contributed by atoms with Crippen molar-refractivity contribution in [3.63, 3.8) is 0 Å². The molecule has 1 heterocycles. The summed E-state index contributed by atoms with van der Waals surface area (Å²) in [4.78, 5) is 25.6. The largest absolute Gasteiger partial charge is 0.491 e. The van der Waals surface area contributed by atoms with E-state index in [1.54, 1.807) is 0 Å². The fourth-order valence-corrected chi connectivity index (χ4v) is 3.21. The zero-order chi connectivity index (χ0) is 18.4. The summed E-state index contributed by atoms with van der Waals surface area (Å²) in [6, 6.07) is 2.36. The molecule has 2 aliphatic rings. The Labute approximate surface area is 142 Å². The molecule has 1 amide bonds. The van der Waals surface area contributed by atoms with E-state index in [2.05, 4.69) is 4.74 Å². The Bertz CT molecular complexity index is 700. The van der Waals surface area contributed by atoms with Crippen molar-refractivity contribution in [2.24, 2.45) is 5.92 Å². The number of carbonyl (C=O) groups is 2. The molecule has 1 saturated carbocycles. The summed E-state index contributed by atoms with van der Waals surface area (Å²) in [5, 5.41) is 0. The fourth-order valence-electron chi connectivity index (χ4n) is 3.21. The van der Waals surface area contributed by atoms with Crippen molar-refractivity contribution in [2.45, 2.75) is 38.0 Å². The van der Waals surface area contributed by atoms with Gasteiger partial charge < -0.3 is 14.4 Å². The van der Waals surface area contributed by atoms with Gasteiger partial charge in [-0.25, -0.2) is 4.79 Å². The zero-order valence-corrected chi connectivity index (χ0v) is 13.8. The number of ether oxygens (including phenoxy) is 2. The summed E-state index contributed by atoms with van der Waals surface area (Å²) in [5.74, 6) is -1.44. The molecule has 136 valence electrons. The van der Waals surface area contributed by atoms with Crippen LogP contribution in [-0.2, 0) is 20.5 Å². The van der Waals surface area contributed by atoms with Crippen LogP contribution >= 0.6 is 0 Å². The van der Waals surface area contributed by atoms with Crippen molar-refractivity contribution in [1.82, 2.24) is 4.90 Å². The lowest BCUT2D eigenvalue weighted by Crippen LogP contribution is -2.46. The van der Waals surface area contributed by atoms with E-state index in [0.717, 1.165) is 32.1 Å². The number of nitrogens with zero attached hydrogens (tertiary/aromatic N) is 1. The molecule has 0 spiro atoms. The van der Waals surface area contributed by atoms with Crippen molar-refractivity contribution < 1.29 is 32.2 Å². The normalized spacial score (nSPS) is 20.4. The Kier molecular flexibility index (Phi) is 4.38. The van der Waals surface area contributed by atoms with Crippen LogP contribution in [0, 0.1) is 5.92 Å². The molecule has 25 heavy (non-hydrogen) atoms. The molecule has 3 rings (SSSR count). The smallest absolute Gasteiger partial charge is 0.416 e. The SMILES string of the molecule is COC(=O)C(=O)N(C1COc2cc(C(F)(F)F)ccc21)C(C)C1CC1. The summed E-state index contributed by atoms with van der Waals surface area (Å²) in [6.45, 7) is 1.84. The number of hydrogen-bond donors (Lipinski definition) is 0. The topological polar surface area (TPSA) is 55.8 Å². The molecule has 0 radical (unpaired) electrons. The van der Waals surface area contributed by atoms with Crippen molar-refractivity contribution in [1.29, 1.82) is 0 Å². The fraction of sp³-hybridized carbons (Fsp3) is 0.529. The number of rotatable bonds is 3. The molecule has 1 aromatic rings. The molecule has 0 N–H and O–H groups in total. The van der Waals surface area contributed by atoms with Gasteiger partial charge in [-0.15, -0.1) is 0 Å². The Hall–Kier alpha value is -2.25. The minimum Gasteiger partial charge on any atom is -0.491 e. The summed E-state index contributed by atoms with van der Waals surface area (Å²) < 4.78 is 48.5. The van der Waals surface area contributed by atoms with Crippen LogP contribution in [0.3, 0.4) is 0 Å². The van der Waals surface area contributed by atoms with E-state index in [9.17, 15) is 22.8 Å². The second-order valence-corrected chi connectivity index (χ2v) is 6.36. The number of hydrogen-bond acceptors (Lipinski definition) is 4. The number of esters is 1. The van der Waals surface area contributed by atoms with Gasteiger partial charge in [0, 0.05) is 11.6 Å². The maximum atomic E-state index is 12.9. The van der Waals surface area contributed by atoms with Gasteiger partial charge in [-0.05, 0) is 37.8 Å². The van der Waals surface area contributed by atoms with Gasteiger partial charge in [-0.3, -0.25) is 4.79 Å². The number of halogens is 3. The molecule has 1 aliphatic carbocycles. The van der Waals surface area contributed by atoms with Gasteiger partial charge >= 0.3 is 18.1 Å². The minimum atomic E-state index is -4.47. The van der Waals surface area contributed by atoms with E-state index in [-0.39, 0.29) is 24.3 Å². The quantitative estimate of drug-likeness (QED) is 0.617. The van der Waals surface area contributed by atoms with Gasteiger partial charge in [-0.1, -0.05) is 6.07 Å². The average Bonchev–Trinajstić information content (AvgIpc) is 3.34. The van der Waals surface area contributed by atoms with E-state index in [4.69, 9.17) is 4.74 Å².